The monoisotopic (exact) mass is 474 g/mol. The largest absolute Gasteiger partial charge is 0.349 e. The van der Waals surface area contributed by atoms with Crippen LogP contribution in [-0.4, -0.2) is 51.9 Å². The maximum absolute atomic E-state index is 14.5. The Morgan fingerprint density at radius 1 is 1.19 bits per heavy atom. The minimum Gasteiger partial charge on any atom is -0.349 e. The highest BCUT2D eigenvalue weighted by molar-refractivity contribution is 7.99. The molecule has 0 saturated carbocycles. The van der Waals surface area contributed by atoms with E-state index < -0.39 is 21.2 Å². The maximum Gasteiger partial charge on any atom is 0.230 e. The van der Waals surface area contributed by atoms with Gasteiger partial charge in [-0.15, -0.1) is 10.2 Å². The van der Waals surface area contributed by atoms with E-state index >= 15 is 0 Å². The van der Waals surface area contributed by atoms with Crippen LogP contribution in [-0.2, 0) is 14.6 Å². The summed E-state index contributed by atoms with van der Waals surface area (Å²) in [7, 11) is -3.13. The Balaban J connectivity index is 1.59. The molecular weight excluding hydrogens is 451 g/mol. The van der Waals surface area contributed by atoms with Crippen LogP contribution in [0.3, 0.4) is 0 Å². The highest BCUT2D eigenvalue weighted by Crippen LogP contribution is 2.30. The summed E-state index contributed by atoms with van der Waals surface area (Å²) in [6.45, 7) is 3.71. The Hall–Kier alpha value is -2.72. The van der Waals surface area contributed by atoms with Gasteiger partial charge in [0.05, 0.1) is 28.4 Å². The second kappa shape index (κ2) is 8.67. The molecule has 10 heteroatoms. The molecule has 2 heterocycles. The van der Waals surface area contributed by atoms with E-state index in [1.807, 2.05) is 31.2 Å². The molecule has 1 amide bonds. The van der Waals surface area contributed by atoms with Crippen molar-refractivity contribution in [1.29, 1.82) is 0 Å². The van der Waals surface area contributed by atoms with Crippen LogP contribution in [0.25, 0.3) is 17.1 Å². The molecule has 1 unspecified atom stereocenters. The molecule has 1 aliphatic heterocycles. The van der Waals surface area contributed by atoms with Gasteiger partial charge in [0, 0.05) is 5.69 Å². The summed E-state index contributed by atoms with van der Waals surface area (Å²) in [6, 6.07) is 14.0. The van der Waals surface area contributed by atoms with Crippen molar-refractivity contribution in [3.8, 4) is 17.1 Å². The number of carbonyl (C=O) groups excluding carboxylic acids is 1. The predicted molar refractivity (Wildman–Crippen MR) is 122 cm³/mol. The molecule has 0 aliphatic carbocycles. The average molecular weight is 475 g/mol. The van der Waals surface area contributed by atoms with E-state index in [-0.39, 0.29) is 23.2 Å². The molecule has 3 aromatic rings. The van der Waals surface area contributed by atoms with Crippen molar-refractivity contribution < 1.29 is 17.6 Å². The topological polar surface area (TPSA) is 94.0 Å². The van der Waals surface area contributed by atoms with E-state index in [2.05, 4.69) is 15.5 Å². The standard InChI is InChI=1S/C22H23FN4O3S2/c1-15-7-9-16(10-8-15)27-20(17-5-3-4-6-18(17)23)25-26-21(27)31-13-19(28)24-22(2)11-12-32(29,30)14-22/h3-10H,11-14H2,1-2H3,(H,24,28). The Bertz CT molecular complexity index is 1260. The van der Waals surface area contributed by atoms with E-state index in [9.17, 15) is 17.6 Å². The first kappa shape index (κ1) is 22.5. The molecule has 1 fully saturated rings. The summed E-state index contributed by atoms with van der Waals surface area (Å²) in [5, 5.41) is 11.7. The number of aryl methyl sites for hydroxylation is 1. The fourth-order valence-electron chi connectivity index (χ4n) is 3.72. The second-order valence-electron chi connectivity index (χ2n) is 8.20. The number of hydrogen-bond acceptors (Lipinski definition) is 6. The van der Waals surface area contributed by atoms with Crippen LogP contribution >= 0.6 is 11.8 Å². The number of hydrogen-bond donors (Lipinski definition) is 1. The zero-order chi connectivity index (χ0) is 22.9. The number of nitrogens with zero attached hydrogens (tertiary/aromatic N) is 3. The summed E-state index contributed by atoms with van der Waals surface area (Å²) in [4.78, 5) is 12.6. The van der Waals surface area contributed by atoms with Crippen molar-refractivity contribution in [2.75, 3.05) is 17.3 Å². The molecule has 1 N–H and O–H groups in total. The fourth-order valence-corrected chi connectivity index (χ4v) is 6.56. The molecule has 1 aromatic heterocycles. The first-order valence-corrected chi connectivity index (χ1v) is 12.9. The normalized spacial score (nSPS) is 19.7. The van der Waals surface area contributed by atoms with Crippen LogP contribution in [0.5, 0.6) is 0 Å². The third kappa shape index (κ3) is 4.86. The van der Waals surface area contributed by atoms with Crippen molar-refractivity contribution in [3.63, 3.8) is 0 Å². The van der Waals surface area contributed by atoms with Crippen molar-refractivity contribution in [2.24, 2.45) is 0 Å². The highest BCUT2D eigenvalue weighted by Gasteiger charge is 2.39. The molecule has 1 atom stereocenters. The number of nitrogens with one attached hydrogen (secondary N) is 1. The van der Waals surface area contributed by atoms with Gasteiger partial charge in [-0.1, -0.05) is 41.6 Å². The van der Waals surface area contributed by atoms with E-state index in [1.54, 1.807) is 29.7 Å². The number of aromatic nitrogens is 3. The van der Waals surface area contributed by atoms with E-state index in [1.165, 1.54) is 6.07 Å². The lowest BCUT2D eigenvalue weighted by Crippen LogP contribution is -2.47. The molecule has 0 spiro atoms. The third-order valence-corrected chi connectivity index (χ3v) is 8.15. The lowest BCUT2D eigenvalue weighted by Gasteiger charge is -2.23. The molecule has 7 nitrogen and oxygen atoms in total. The minimum atomic E-state index is -3.13. The van der Waals surface area contributed by atoms with Gasteiger partial charge in [-0.05, 0) is 44.5 Å². The molecule has 1 saturated heterocycles. The summed E-state index contributed by atoms with van der Waals surface area (Å²) < 4.78 is 39.8. The maximum atomic E-state index is 14.5. The molecule has 168 valence electrons. The number of rotatable bonds is 6. The van der Waals surface area contributed by atoms with Gasteiger partial charge < -0.3 is 5.32 Å². The zero-order valence-electron chi connectivity index (χ0n) is 17.7. The van der Waals surface area contributed by atoms with E-state index in [0.717, 1.165) is 23.0 Å². The van der Waals surface area contributed by atoms with Gasteiger partial charge >= 0.3 is 0 Å². The van der Waals surface area contributed by atoms with Gasteiger partial charge in [0.2, 0.25) is 5.91 Å². The molecule has 2 aromatic carbocycles. The van der Waals surface area contributed by atoms with Gasteiger partial charge in [-0.3, -0.25) is 9.36 Å². The molecule has 0 radical (unpaired) electrons. The van der Waals surface area contributed by atoms with Crippen LogP contribution < -0.4 is 5.32 Å². The quantitative estimate of drug-likeness (QED) is 0.552. The average Bonchev–Trinajstić information content (AvgIpc) is 3.27. The lowest BCUT2D eigenvalue weighted by molar-refractivity contribution is -0.120. The zero-order valence-corrected chi connectivity index (χ0v) is 19.3. The molecular formula is C22H23FN4O3S2. The lowest BCUT2D eigenvalue weighted by atomic mass is 10.0. The van der Waals surface area contributed by atoms with Gasteiger partial charge in [-0.2, -0.15) is 0 Å². The first-order valence-electron chi connectivity index (χ1n) is 10.1. The molecule has 1 aliphatic rings. The first-order chi connectivity index (χ1) is 15.2. The smallest absolute Gasteiger partial charge is 0.230 e. The fraction of sp³-hybridized carbons (Fsp3) is 0.318. The Morgan fingerprint density at radius 3 is 2.56 bits per heavy atom. The van der Waals surface area contributed by atoms with Crippen LogP contribution in [0.4, 0.5) is 4.39 Å². The van der Waals surface area contributed by atoms with Crippen LogP contribution in [0.15, 0.2) is 53.7 Å². The SMILES string of the molecule is Cc1ccc(-n2c(SCC(=O)NC3(C)CCS(=O)(=O)C3)nnc2-c2ccccc2F)cc1. The second-order valence-corrected chi connectivity index (χ2v) is 11.3. The summed E-state index contributed by atoms with van der Waals surface area (Å²) in [6.07, 6.45) is 0.392. The van der Waals surface area contributed by atoms with Crippen LogP contribution in [0.1, 0.15) is 18.9 Å². The van der Waals surface area contributed by atoms with Crippen molar-refractivity contribution in [3.05, 3.63) is 59.9 Å². The number of thioether (sulfide) groups is 1. The van der Waals surface area contributed by atoms with Crippen molar-refractivity contribution in [1.82, 2.24) is 20.1 Å². The molecule has 0 bridgehead atoms. The van der Waals surface area contributed by atoms with Gasteiger partial charge in [0.15, 0.2) is 20.8 Å². The summed E-state index contributed by atoms with van der Waals surface area (Å²) >= 11 is 1.16. The van der Waals surface area contributed by atoms with Gasteiger partial charge in [-0.25, -0.2) is 12.8 Å². The highest BCUT2D eigenvalue weighted by atomic mass is 32.2. The van der Waals surface area contributed by atoms with Crippen LogP contribution in [0.2, 0.25) is 0 Å². The Kier molecular flexibility index (Phi) is 6.09. The number of halogens is 1. The van der Waals surface area contributed by atoms with Gasteiger partial charge in [0.25, 0.3) is 0 Å². The Labute approximate surface area is 190 Å². The van der Waals surface area contributed by atoms with E-state index in [0.29, 0.717) is 23.0 Å². The van der Waals surface area contributed by atoms with Gasteiger partial charge in [0.1, 0.15) is 5.82 Å². The summed E-state index contributed by atoms with van der Waals surface area (Å²) in [5.41, 5.74) is 1.36. The molecule has 32 heavy (non-hydrogen) atoms. The number of sulfone groups is 1. The van der Waals surface area contributed by atoms with Crippen molar-refractivity contribution >= 4 is 27.5 Å². The van der Waals surface area contributed by atoms with E-state index in [4.69, 9.17) is 0 Å². The van der Waals surface area contributed by atoms with Crippen molar-refractivity contribution in [2.45, 2.75) is 31.0 Å². The number of benzene rings is 2. The molecule has 4 rings (SSSR count). The van der Waals surface area contributed by atoms with Crippen LogP contribution in [0, 0.1) is 12.7 Å². The predicted octanol–water partition coefficient (Wildman–Crippen LogP) is 3.17. The Morgan fingerprint density at radius 2 is 1.91 bits per heavy atom. The minimum absolute atomic E-state index is 0.0247. The summed E-state index contributed by atoms with van der Waals surface area (Å²) in [5.74, 6) is -0.336. The number of carbonyl (C=O) groups is 1. The number of amides is 1. The third-order valence-electron chi connectivity index (χ3n) is 5.32.